The fourth-order valence-corrected chi connectivity index (χ4v) is 1.75. The number of nitrogens with zero attached hydrogens (tertiary/aromatic N) is 1. The van der Waals surface area contributed by atoms with Crippen molar-refractivity contribution in [2.75, 3.05) is 11.9 Å². The van der Waals surface area contributed by atoms with Crippen LogP contribution in [0.5, 0.6) is 5.75 Å². The Hall–Kier alpha value is -2.93. The summed E-state index contributed by atoms with van der Waals surface area (Å²) in [5.41, 5.74) is 7.23. The van der Waals surface area contributed by atoms with Crippen LogP contribution in [0, 0.1) is 0 Å². The minimum absolute atomic E-state index is 0.0810. The Labute approximate surface area is 126 Å². The van der Waals surface area contributed by atoms with Gasteiger partial charge in [0.1, 0.15) is 11.4 Å². The largest absolute Gasteiger partial charge is 0.482 e. The Morgan fingerprint density at radius 3 is 2.77 bits per heavy atom. The van der Waals surface area contributed by atoms with Crippen molar-refractivity contribution in [3.8, 4) is 5.75 Å². The van der Waals surface area contributed by atoms with Crippen molar-refractivity contribution in [3.05, 3.63) is 53.9 Å². The average Bonchev–Trinajstić information content (AvgIpc) is 2.55. The molecule has 0 radical (unpaired) electrons. The topological polar surface area (TPSA) is 115 Å². The molecule has 1 aliphatic heterocycles. The highest BCUT2D eigenvalue weighted by Gasteiger charge is 2.15. The molecule has 3 rings (SSSR count). The molecule has 0 aliphatic carbocycles. The number of nitrogens with one attached hydrogen (secondary N) is 1. The average molecular weight is 301 g/mol. The van der Waals surface area contributed by atoms with Crippen LogP contribution in [0.15, 0.2) is 42.6 Å². The third kappa shape index (κ3) is 4.03. The number of pyridine rings is 1. The molecule has 114 valence electrons. The van der Waals surface area contributed by atoms with Crippen molar-refractivity contribution >= 4 is 17.6 Å². The summed E-state index contributed by atoms with van der Waals surface area (Å²) in [6, 6.07) is 10.3. The summed E-state index contributed by atoms with van der Waals surface area (Å²) in [4.78, 5) is 24.7. The number of nitrogens with two attached hydrogens (primary N) is 1. The molecule has 1 aromatic carbocycles. The second kappa shape index (κ2) is 7.19. The number of ether oxygens (including phenoxy) is 1. The van der Waals surface area contributed by atoms with Gasteiger partial charge in [-0.2, -0.15) is 0 Å². The summed E-state index contributed by atoms with van der Waals surface area (Å²) in [5.74, 6) is -0.408. The quantitative estimate of drug-likeness (QED) is 0.769. The number of carboxylic acids is 1. The zero-order chi connectivity index (χ0) is 15.9. The Balaban J connectivity index is 0.000000172. The molecule has 7 nitrogen and oxygen atoms in total. The Morgan fingerprint density at radius 2 is 2.18 bits per heavy atom. The number of carbonyl (C=O) groups is 2. The van der Waals surface area contributed by atoms with E-state index in [1.165, 1.54) is 12.3 Å². The van der Waals surface area contributed by atoms with Crippen LogP contribution >= 0.6 is 0 Å². The molecule has 0 atom stereocenters. The van der Waals surface area contributed by atoms with Crippen molar-refractivity contribution in [3.63, 3.8) is 0 Å². The van der Waals surface area contributed by atoms with Gasteiger partial charge in [-0.1, -0.05) is 12.1 Å². The number of carboxylic acid groups (broad SMARTS) is 1. The molecule has 2 heterocycles. The molecule has 22 heavy (non-hydrogen) atoms. The maximum absolute atomic E-state index is 11.0. The van der Waals surface area contributed by atoms with Crippen LogP contribution in [0.3, 0.4) is 0 Å². The number of hydrogen-bond acceptors (Lipinski definition) is 5. The minimum atomic E-state index is -0.990. The molecule has 0 saturated carbocycles. The highest BCUT2D eigenvalue weighted by molar-refractivity contribution is 5.95. The van der Waals surface area contributed by atoms with E-state index in [9.17, 15) is 9.59 Å². The second-order valence-corrected chi connectivity index (χ2v) is 4.39. The number of aromatic nitrogens is 1. The van der Waals surface area contributed by atoms with Gasteiger partial charge >= 0.3 is 5.97 Å². The fraction of sp³-hybridized carbons (Fsp3) is 0.133. The Kier molecular flexibility index (Phi) is 5.05. The van der Waals surface area contributed by atoms with Crippen LogP contribution in [0.2, 0.25) is 0 Å². The van der Waals surface area contributed by atoms with E-state index < -0.39 is 5.97 Å². The molecule has 1 aromatic heterocycles. The molecule has 0 saturated heterocycles. The minimum Gasteiger partial charge on any atom is -0.482 e. The lowest BCUT2D eigenvalue weighted by Gasteiger charge is -2.18. The molecule has 0 bridgehead atoms. The molecule has 0 fully saturated rings. The lowest BCUT2D eigenvalue weighted by molar-refractivity contribution is -0.118. The first-order valence-electron chi connectivity index (χ1n) is 6.50. The van der Waals surface area contributed by atoms with Crippen LogP contribution in [0.4, 0.5) is 5.69 Å². The van der Waals surface area contributed by atoms with Crippen molar-refractivity contribution in [1.82, 2.24) is 4.98 Å². The van der Waals surface area contributed by atoms with Crippen molar-refractivity contribution < 1.29 is 19.4 Å². The predicted molar refractivity (Wildman–Crippen MR) is 79.7 cm³/mol. The third-order valence-electron chi connectivity index (χ3n) is 2.80. The SMILES string of the molecule is NCc1ccc2c(c1)NC(=O)CO2.O=C(O)c1ccccn1. The number of amides is 1. The molecule has 2 aromatic rings. The number of benzene rings is 1. The molecule has 1 amide bonds. The van der Waals surface area contributed by atoms with E-state index in [4.69, 9.17) is 15.6 Å². The van der Waals surface area contributed by atoms with Gasteiger partial charge in [0, 0.05) is 12.7 Å². The van der Waals surface area contributed by atoms with Gasteiger partial charge < -0.3 is 20.9 Å². The van der Waals surface area contributed by atoms with Gasteiger partial charge in [0.15, 0.2) is 6.61 Å². The summed E-state index contributed by atoms with van der Waals surface area (Å²) < 4.78 is 5.18. The number of carbonyl (C=O) groups excluding carboxylic acids is 1. The molecular weight excluding hydrogens is 286 g/mol. The molecular formula is C15H15N3O4. The van der Waals surface area contributed by atoms with E-state index >= 15 is 0 Å². The molecule has 4 N–H and O–H groups in total. The van der Waals surface area contributed by atoms with Crippen LogP contribution in [0.25, 0.3) is 0 Å². The Bertz CT molecular complexity index is 674. The van der Waals surface area contributed by atoms with Crippen LogP contribution in [0.1, 0.15) is 16.1 Å². The molecule has 7 heteroatoms. The molecule has 0 unspecified atom stereocenters. The third-order valence-corrected chi connectivity index (χ3v) is 2.80. The molecule has 0 spiro atoms. The highest BCUT2D eigenvalue weighted by Crippen LogP contribution is 2.28. The fourth-order valence-electron chi connectivity index (χ4n) is 1.75. The second-order valence-electron chi connectivity index (χ2n) is 4.39. The summed E-state index contributed by atoms with van der Waals surface area (Å²) in [6.45, 7) is 0.554. The number of fused-ring (bicyclic) bond motifs is 1. The zero-order valence-corrected chi connectivity index (χ0v) is 11.7. The Morgan fingerprint density at radius 1 is 1.36 bits per heavy atom. The van der Waals surface area contributed by atoms with Crippen molar-refractivity contribution in [1.29, 1.82) is 0 Å². The van der Waals surface area contributed by atoms with E-state index in [2.05, 4.69) is 10.3 Å². The van der Waals surface area contributed by atoms with Gasteiger partial charge in [-0.15, -0.1) is 0 Å². The van der Waals surface area contributed by atoms with Gasteiger partial charge in [-0.3, -0.25) is 4.79 Å². The van der Waals surface area contributed by atoms with Crippen molar-refractivity contribution in [2.24, 2.45) is 5.73 Å². The summed E-state index contributed by atoms with van der Waals surface area (Å²) in [7, 11) is 0. The van der Waals surface area contributed by atoms with E-state index in [1.807, 2.05) is 18.2 Å². The summed E-state index contributed by atoms with van der Waals surface area (Å²) >= 11 is 0. The number of rotatable bonds is 2. The highest BCUT2D eigenvalue weighted by atomic mass is 16.5. The standard InChI is InChI=1S/C9H10N2O2.C6H5NO2/c10-4-6-1-2-8-7(3-6)11-9(12)5-13-8;8-6(9)5-3-1-2-4-7-5/h1-3H,4-5,10H2,(H,11,12);1-4H,(H,8,9). The van der Waals surface area contributed by atoms with Crippen LogP contribution in [-0.2, 0) is 11.3 Å². The van der Waals surface area contributed by atoms with Crippen molar-refractivity contribution in [2.45, 2.75) is 6.54 Å². The number of aromatic carboxylic acids is 1. The van der Waals surface area contributed by atoms with Crippen LogP contribution < -0.4 is 15.8 Å². The van der Waals surface area contributed by atoms with Gasteiger partial charge in [-0.05, 0) is 29.8 Å². The molecule has 1 aliphatic rings. The lowest BCUT2D eigenvalue weighted by Crippen LogP contribution is -2.25. The smallest absolute Gasteiger partial charge is 0.354 e. The van der Waals surface area contributed by atoms with Gasteiger partial charge in [0.2, 0.25) is 0 Å². The first-order chi connectivity index (χ1) is 10.6. The monoisotopic (exact) mass is 301 g/mol. The first kappa shape index (κ1) is 15.5. The lowest BCUT2D eigenvalue weighted by atomic mass is 10.1. The number of hydrogen-bond donors (Lipinski definition) is 3. The van der Waals surface area contributed by atoms with Gasteiger partial charge in [0.05, 0.1) is 5.69 Å². The summed E-state index contributed by atoms with van der Waals surface area (Å²) in [5, 5.41) is 11.0. The van der Waals surface area contributed by atoms with Crippen LogP contribution in [-0.4, -0.2) is 28.6 Å². The summed E-state index contributed by atoms with van der Waals surface area (Å²) in [6.07, 6.45) is 1.45. The van der Waals surface area contributed by atoms with E-state index in [0.717, 1.165) is 5.56 Å². The van der Waals surface area contributed by atoms with E-state index in [1.54, 1.807) is 12.1 Å². The first-order valence-corrected chi connectivity index (χ1v) is 6.50. The maximum Gasteiger partial charge on any atom is 0.354 e. The van der Waals surface area contributed by atoms with Gasteiger partial charge in [-0.25, -0.2) is 9.78 Å². The van der Waals surface area contributed by atoms with E-state index in [-0.39, 0.29) is 18.2 Å². The number of anilines is 1. The zero-order valence-electron chi connectivity index (χ0n) is 11.7. The van der Waals surface area contributed by atoms with Gasteiger partial charge in [0.25, 0.3) is 5.91 Å². The predicted octanol–water partition coefficient (Wildman–Crippen LogP) is 1.26. The normalized spacial score (nSPS) is 12.1. The van der Waals surface area contributed by atoms with E-state index in [0.29, 0.717) is 18.0 Å². The maximum atomic E-state index is 11.0.